The third-order valence-electron chi connectivity index (χ3n) is 5.12. The quantitative estimate of drug-likeness (QED) is 0.610. The van der Waals surface area contributed by atoms with Crippen LogP contribution in [0.4, 0.5) is 15.8 Å². The van der Waals surface area contributed by atoms with Gasteiger partial charge in [0.1, 0.15) is 32.0 Å². The van der Waals surface area contributed by atoms with Crippen LogP contribution >= 0.6 is 0 Å². The zero-order valence-corrected chi connectivity index (χ0v) is 16.1. The molecule has 0 spiro atoms. The Bertz CT molecular complexity index is 790. The number of nitrogens with zero attached hydrogens (tertiary/aromatic N) is 1. The first-order valence-corrected chi connectivity index (χ1v) is 9.55. The molecular formula is C21H27FN4O2+2. The number of likely N-dealkylation sites (N-methyl/N-ethyl adjacent to an activating group) is 1. The highest BCUT2D eigenvalue weighted by Gasteiger charge is 2.27. The molecule has 0 saturated carbocycles. The average molecular weight is 386 g/mol. The highest BCUT2D eigenvalue weighted by atomic mass is 19.1. The van der Waals surface area contributed by atoms with Gasteiger partial charge in [0.05, 0.1) is 0 Å². The Morgan fingerprint density at radius 1 is 0.929 bits per heavy atom. The molecule has 1 saturated heterocycles. The van der Waals surface area contributed by atoms with E-state index in [9.17, 15) is 14.0 Å². The fourth-order valence-corrected chi connectivity index (χ4v) is 3.40. The monoisotopic (exact) mass is 386 g/mol. The van der Waals surface area contributed by atoms with Crippen molar-refractivity contribution in [3.05, 3.63) is 60.4 Å². The van der Waals surface area contributed by atoms with Crippen molar-refractivity contribution in [1.82, 2.24) is 0 Å². The van der Waals surface area contributed by atoms with E-state index in [1.54, 1.807) is 24.1 Å². The normalized spacial score (nSPS) is 19.1. The minimum absolute atomic E-state index is 0.0788. The van der Waals surface area contributed by atoms with Crippen molar-refractivity contribution in [3.8, 4) is 0 Å². The van der Waals surface area contributed by atoms with E-state index in [2.05, 4.69) is 5.32 Å². The van der Waals surface area contributed by atoms with Gasteiger partial charge in [0.2, 0.25) is 0 Å². The van der Waals surface area contributed by atoms with Gasteiger partial charge in [0.25, 0.3) is 11.8 Å². The molecule has 2 amide bonds. The molecule has 0 atom stereocenters. The molecule has 0 aromatic heterocycles. The molecule has 148 valence electrons. The van der Waals surface area contributed by atoms with Gasteiger partial charge in [0, 0.05) is 18.4 Å². The molecule has 0 bridgehead atoms. The van der Waals surface area contributed by atoms with E-state index in [0.29, 0.717) is 18.8 Å². The lowest BCUT2D eigenvalue weighted by Crippen LogP contribution is -3.28. The highest BCUT2D eigenvalue weighted by Crippen LogP contribution is 2.10. The van der Waals surface area contributed by atoms with E-state index < -0.39 is 0 Å². The van der Waals surface area contributed by atoms with E-state index in [-0.39, 0.29) is 17.6 Å². The molecule has 3 rings (SSSR count). The van der Waals surface area contributed by atoms with E-state index in [4.69, 9.17) is 0 Å². The predicted molar refractivity (Wildman–Crippen MR) is 106 cm³/mol. The van der Waals surface area contributed by atoms with Crippen LogP contribution in [0.1, 0.15) is 0 Å². The van der Waals surface area contributed by atoms with Crippen molar-refractivity contribution < 1.29 is 23.8 Å². The minimum atomic E-state index is -0.324. The maximum atomic E-state index is 12.9. The standard InChI is InChI=1S/C21H25FN4O2/c1-24(19-5-3-2-4-6-19)21(28)16-26-13-11-25(12-14-26)15-20(27)23-18-9-7-17(22)8-10-18/h2-10H,11-16H2,1H3,(H,23,27)/p+2. The second-order valence-corrected chi connectivity index (χ2v) is 7.20. The van der Waals surface area contributed by atoms with Crippen molar-refractivity contribution >= 4 is 23.2 Å². The first-order valence-electron chi connectivity index (χ1n) is 9.55. The van der Waals surface area contributed by atoms with Gasteiger partial charge in [-0.05, 0) is 36.4 Å². The van der Waals surface area contributed by atoms with Gasteiger partial charge < -0.3 is 20.0 Å². The van der Waals surface area contributed by atoms with Crippen LogP contribution in [0.3, 0.4) is 0 Å². The third kappa shape index (κ3) is 5.61. The lowest BCUT2D eigenvalue weighted by atomic mass is 10.2. The molecule has 7 heteroatoms. The van der Waals surface area contributed by atoms with E-state index in [0.717, 1.165) is 31.9 Å². The second-order valence-electron chi connectivity index (χ2n) is 7.20. The summed E-state index contributed by atoms with van der Waals surface area (Å²) in [6.45, 7) is 4.23. The Morgan fingerprint density at radius 3 is 2.11 bits per heavy atom. The molecule has 3 N–H and O–H groups in total. The minimum Gasteiger partial charge on any atom is -0.321 e. The van der Waals surface area contributed by atoms with Gasteiger partial charge in [-0.1, -0.05) is 18.2 Å². The molecule has 1 aliphatic rings. The van der Waals surface area contributed by atoms with Crippen LogP contribution in [0.5, 0.6) is 0 Å². The lowest BCUT2D eigenvalue weighted by molar-refractivity contribution is -1.00. The summed E-state index contributed by atoms with van der Waals surface area (Å²) in [5, 5.41) is 2.80. The topological polar surface area (TPSA) is 58.3 Å². The summed E-state index contributed by atoms with van der Waals surface area (Å²) in [5.74, 6) is -0.307. The molecule has 1 fully saturated rings. The summed E-state index contributed by atoms with van der Waals surface area (Å²) in [4.78, 5) is 28.8. The maximum Gasteiger partial charge on any atom is 0.281 e. The Morgan fingerprint density at radius 2 is 1.50 bits per heavy atom. The number of rotatable bonds is 6. The highest BCUT2D eigenvalue weighted by molar-refractivity contribution is 5.93. The Kier molecular flexibility index (Phi) is 6.73. The molecule has 28 heavy (non-hydrogen) atoms. The van der Waals surface area contributed by atoms with E-state index >= 15 is 0 Å². The fraction of sp³-hybridized carbons (Fsp3) is 0.333. The number of anilines is 2. The number of amides is 2. The summed E-state index contributed by atoms with van der Waals surface area (Å²) in [6, 6.07) is 15.4. The smallest absolute Gasteiger partial charge is 0.281 e. The van der Waals surface area contributed by atoms with Crippen molar-refractivity contribution in [2.24, 2.45) is 0 Å². The number of carbonyl (C=O) groups excluding carboxylic acids is 2. The number of halogens is 1. The molecule has 2 aromatic rings. The van der Waals surface area contributed by atoms with Crippen LogP contribution in [0.2, 0.25) is 0 Å². The first-order chi connectivity index (χ1) is 13.5. The van der Waals surface area contributed by atoms with Gasteiger partial charge in [-0.2, -0.15) is 0 Å². The maximum absolute atomic E-state index is 12.9. The predicted octanol–water partition coefficient (Wildman–Crippen LogP) is -0.789. The van der Waals surface area contributed by atoms with Crippen molar-refractivity contribution in [3.63, 3.8) is 0 Å². The summed E-state index contributed by atoms with van der Waals surface area (Å²) in [6.07, 6.45) is 0. The fourth-order valence-electron chi connectivity index (χ4n) is 3.40. The summed E-state index contributed by atoms with van der Waals surface area (Å²) in [5.41, 5.74) is 1.50. The van der Waals surface area contributed by atoms with Crippen molar-refractivity contribution in [2.45, 2.75) is 0 Å². The van der Waals surface area contributed by atoms with Crippen molar-refractivity contribution in [2.75, 3.05) is 56.5 Å². The summed E-state index contributed by atoms with van der Waals surface area (Å²) < 4.78 is 12.9. The van der Waals surface area contributed by atoms with Gasteiger partial charge in [-0.25, -0.2) is 4.39 Å². The zero-order chi connectivity index (χ0) is 19.9. The van der Waals surface area contributed by atoms with Crippen LogP contribution in [0.15, 0.2) is 54.6 Å². The number of para-hydroxylation sites is 1. The second kappa shape index (κ2) is 9.43. The number of hydrogen-bond donors (Lipinski definition) is 3. The Labute approximate surface area is 164 Å². The molecule has 1 heterocycles. The number of piperazine rings is 1. The van der Waals surface area contributed by atoms with Gasteiger partial charge in [-0.3, -0.25) is 9.59 Å². The summed E-state index contributed by atoms with van der Waals surface area (Å²) >= 11 is 0. The molecule has 6 nitrogen and oxygen atoms in total. The van der Waals surface area contributed by atoms with Gasteiger partial charge >= 0.3 is 0 Å². The molecule has 0 unspecified atom stereocenters. The first kappa shape index (κ1) is 20.0. The number of carbonyl (C=O) groups is 2. The van der Waals surface area contributed by atoms with Crippen LogP contribution in [-0.4, -0.2) is 58.1 Å². The Hall–Kier alpha value is -2.77. The third-order valence-corrected chi connectivity index (χ3v) is 5.12. The van der Waals surface area contributed by atoms with Gasteiger partial charge in [-0.15, -0.1) is 0 Å². The molecule has 0 aliphatic carbocycles. The lowest BCUT2D eigenvalue weighted by Gasteiger charge is -2.30. The van der Waals surface area contributed by atoms with Crippen LogP contribution < -0.4 is 20.0 Å². The van der Waals surface area contributed by atoms with Crippen LogP contribution in [0, 0.1) is 5.82 Å². The van der Waals surface area contributed by atoms with E-state index in [1.165, 1.54) is 21.9 Å². The zero-order valence-electron chi connectivity index (χ0n) is 16.1. The SMILES string of the molecule is CN(C(=O)C[NH+]1CC[NH+](CC(=O)Nc2ccc(F)cc2)CC1)c1ccccc1. The molecule has 0 radical (unpaired) electrons. The average Bonchev–Trinajstić information content (AvgIpc) is 2.71. The van der Waals surface area contributed by atoms with Crippen LogP contribution in [-0.2, 0) is 9.59 Å². The number of hydrogen-bond acceptors (Lipinski definition) is 2. The molecule has 2 aromatic carbocycles. The number of nitrogens with one attached hydrogen (secondary N) is 3. The van der Waals surface area contributed by atoms with Gasteiger partial charge in [0.15, 0.2) is 13.1 Å². The van der Waals surface area contributed by atoms with Crippen LogP contribution in [0.25, 0.3) is 0 Å². The molecular weight excluding hydrogens is 359 g/mol. The van der Waals surface area contributed by atoms with Crippen molar-refractivity contribution in [1.29, 1.82) is 0 Å². The summed E-state index contributed by atoms with van der Waals surface area (Å²) in [7, 11) is 1.80. The van der Waals surface area contributed by atoms with E-state index in [1.807, 2.05) is 30.3 Å². The Balaban J connectivity index is 1.41. The number of benzene rings is 2. The molecule has 1 aliphatic heterocycles. The largest absolute Gasteiger partial charge is 0.321 e. The number of quaternary nitrogens is 2.